The van der Waals surface area contributed by atoms with E-state index in [1.165, 1.54) is 18.9 Å². The second-order valence-corrected chi connectivity index (χ2v) is 5.80. The van der Waals surface area contributed by atoms with E-state index < -0.39 is 0 Å². The molecule has 1 unspecified atom stereocenters. The second kappa shape index (κ2) is 4.29. The predicted molar refractivity (Wildman–Crippen MR) is 71.2 cm³/mol. The van der Waals surface area contributed by atoms with Gasteiger partial charge in [0.05, 0.1) is 10.6 Å². The Morgan fingerprint density at radius 2 is 2.18 bits per heavy atom. The standard InChI is InChI=1S/C12H15BrN2O2/c1-8(12(2)5-6-12)14-11-7-9(15(16)17)3-4-10(11)13/h3-4,7-8,14H,5-6H2,1-2H3. The van der Waals surface area contributed by atoms with Crippen molar-refractivity contribution in [3.8, 4) is 0 Å². The van der Waals surface area contributed by atoms with Gasteiger partial charge in [-0.3, -0.25) is 10.1 Å². The molecule has 0 radical (unpaired) electrons. The number of nitrogens with one attached hydrogen (secondary N) is 1. The van der Waals surface area contributed by atoms with E-state index in [2.05, 4.69) is 35.1 Å². The van der Waals surface area contributed by atoms with Crippen LogP contribution in [0.5, 0.6) is 0 Å². The monoisotopic (exact) mass is 298 g/mol. The Hall–Kier alpha value is -1.10. The molecule has 0 spiro atoms. The summed E-state index contributed by atoms with van der Waals surface area (Å²) in [4.78, 5) is 10.3. The Kier molecular flexibility index (Phi) is 3.12. The highest BCUT2D eigenvalue weighted by atomic mass is 79.9. The van der Waals surface area contributed by atoms with Crippen molar-refractivity contribution in [1.82, 2.24) is 0 Å². The van der Waals surface area contributed by atoms with Gasteiger partial charge in [0.15, 0.2) is 0 Å². The largest absolute Gasteiger partial charge is 0.381 e. The minimum atomic E-state index is -0.374. The maximum absolute atomic E-state index is 10.7. The van der Waals surface area contributed by atoms with Crippen LogP contribution in [0, 0.1) is 15.5 Å². The zero-order valence-corrected chi connectivity index (χ0v) is 11.5. The zero-order chi connectivity index (χ0) is 12.6. The van der Waals surface area contributed by atoms with E-state index >= 15 is 0 Å². The lowest BCUT2D eigenvalue weighted by molar-refractivity contribution is -0.384. The first-order valence-electron chi connectivity index (χ1n) is 5.63. The summed E-state index contributed by atoms with van der Waals surface area (Å²) in [5.74, 6) is 0. The van der Waals surface area contributed by atoms with Gasteiger partial charge in [0.2, 0.25) is 0 Å². The van der Waals surface area contributed by atoms with Crippen LogP contribution in [-0.4, -0.2) is 11.0 Å². The Morgan fingerprint density at radius 1 is 1.53 bits per heavy atom. The molecule has 0 heterocycles. The van der Waals surface area contributed by atoms with Crippen molar-refractivity contribution in [3.05, 3.63) is 32.8 Å². The molecular weight excluding hydrogens is 284 g/mol. The van der Waals surface area contributed by atoms with Gasteiger partial charge in [0.25, 0.3) is 5.69 Å². The number of nitro groups is 1. The van der Waals surface area contributed by atoms with Crippen molar-refractivity contribution in [2.24, 2.45) is 5.41 Å². The third-order valence-electron chi connectivity index (χ3n) is 3.62. The summed E-state index contributed by atoms with van der Waals surface area (Å²) in [7, 11) is 0. The van der Waals surface area contributed by atoms with E-state index in [0.29, 0.717) is 11.5 Å². The molecule has 1 aliphatic carbocycles. The van der Waals surface area contributed by atoms with Crippen LogP contribution in [0.1, 0.15) is 26.7 Å². The maximum Gasteiger partial charge on any atom is 0.271 e. The number of halogens is 1. The average Bonchev–Trinajstić information content (AvgIpc) is 3.00. The molecule has 2 rings (SSSR count). The number of rotatable bonds is 4. The minimum absolute atomic E-state index is 0.115. The van der Waals surface area contributed by atoms with Crippen LogP contribution >= 0.6 is 15.9 Å². The number of nitro benzene ring substituents is 1. The Balaban J connectivity index is 2.19. The second-order valence-electron chi connectivity index (χ2n) is 4.94. The molecule has 17 heavy (non-hydrogen) atoms. The van der Waals surface area contributed by atoms with Gasteiger partial charge in [-0.15, -0.1) is 0 Å². The number of non-ortho nitro benzene ring substituents is 1. The van der Waals surface area contributed by atoms with E-state index in [1.807, 2.05) is 0 Å². The van der Waals surface area contributed by atoms with Crippen LogP contribution in [0.2, 0.25) is 0 Å². The molecule has 5 heteroatoms. The maximum atomic E-state index is 10.7. The first kappa shape index (κ1) is 12.4. The molecule has 0 aromatic heterocycles. The number of nitrogens with zero attached hydrogens (tertiary/aromatic N) is 1. The van der Waals surface area contributed by atoms with Crippen molar-refractivity contribution in [3.63, 3.8) is 0 Å². The first-order valence-corrected chi connectivity index (χ1v) is 6.42. The minimum Gasteiger partial charge on any atom is -0.381 e. The highest BCUT2D eigenvalue weighted by Gasteiger charge is 2.42. The molecule has 1 aliphatic rings. The Morgan fingerprint density at radius 3 is 2.71 bits per heavy atom. The fourth-order valence-corrected chi connectivity index (χ4v) is 2.14. The molecule has 92 valence electrons. The molecule has 1 aromatic rings. The van der Waals surface area contributed by atoms with Crippen LogP contribution in [0.4, 0.5) is 11.4 Å². The van der Waals surface area contributed by atoms with Crippen LogP contribution < -0.4 is 5.32 Å². The summed E-state index contributed by atoms with van der Waals surface area (Å²) in [5.41, 5.74) is 1.24. The molecule has 0 bridgehead atoms. The van der Waals surface area contributed by atoms with Gasteiger partial charge >= 0.3 is 0 Å². The molecule has 0 amide bonds. The van der Waals surface area contributed by atoms with E-state index in [9.17, 15) is 10.1 Å². The molecular formula is C12H15BrN2O2. The quantitative estimate of drug-likeness (QED) is 0.676. The fraction of sp³-hybridized carbons (Fsp3) is 0.500. The first-order chi connectivity index (χ1) is 7.92. The smallest absolute Gasteiger partial charge is 0.271 e. The average molecular weight is 299 g/mol. The summed E-state index contributed by atoms with van der Waals surface area (Å²) >= 11 is 3.41. The molecule has 4 nitrogen and oxygen atoms in total. The van der Waals surface area contributed by atoms with Gasteiger partial charge in [-0.2, -0.15) is 0 Å². The van der Waals surface area contributed by atoms with E-state index in [4.69, 9.17) is 0 Å². The highest BCUT2D eigenvalue weighted by Crippen LogP contribution is 2.49. The van der Waals surface area contributed by atoms with Crippen LogP contribution in [0.15, 0.2) is 22.7 Å². The summed E-state index contributed by atoms with van der Waals surface area (Å²) in [6.45, 7) is 4.36. The number of hydrogen-bond acceptors (Lipinski definition) is 3. The van der Waals surface area contributed by atoms with Gasteiger partial charge < -0.3 is 5.32 Å². The highest BCUT2D eigenvalue weighted by molar-refractivity contribution is 9.10. The van der Waals surface area contributed by atoms with Gasteiger partial charge in [0, 0.05) is 22.6 Å². The third kappa shape index (κ3) is 2.60. The number of benzene rings is 1. The molecule has 1 aromatic carbocycles. The van der Waals surface area contributed by atoms with Crippen molar-refractivity contribution in [1.29, 1.82) is 0 Å². The normalized spacial score (nSPS) is 18.5. The molecule has 0 aliphatic heterocycles. The summed E-state index contributed by atoms with van der Waals surface area (Å²) in [6.07, 6.45) is 2.43. The van der Waals surface area contributed by atoms with Crippen molar-refractivity contribution >= 4 is 27.3 Å². The zero-order valence-electron chi connectivity index (χ0n) is 9.87. The van der Waals surface area contributed by atoms with Gasteiger partial charge in [-0.05, 0) is 47.2 Å². The van der Waals surface area contributed by atoms with Gasteiger partial charge in [-0.1, -0.05) is 6.92 Å². The van der Waals surface area contributed by atoms with Crippen LogP contribution in [0.25, 0.3) is 0 Å². The van der Waals surface area contributed by atoms with Crippen LogP contribution in [-0.2, 0) is 0 Å². The number of anilines is 1. The topological polar surface area (TPSA) is 55.2 Å². The summed E-state index contributed by atoms with van der Waals surface area (Å²) < 4.78 is 0.860. The molecule has 1 atom stereocenters. The molecule has 1 N–H and O–H groups in total. The Labute approximate surface area is 109 Å². The summed E-state index contributed by atoms with van der Waals surface area (Å²) in [5, 5.41) is 14.1. The number of hydrogen-bond donors (Lipinski definition) is 1. The SMILES string of the molecule is CC(Nc1cc([N+](=O)[O-])ccc1Br)C1(C)CC1. The lowest BCUT2D eigenvalue weighted by Crippen LogP contribution is -2.25. The van der Waals surface area contributed by atoms with Gasteiger partial charge in [0.1, 0.15) is 0 Å². The van der Waals surface area contributed by atoms with Crippen molar-refractivity contribution < 1.29 is 4.92 Å². The van der Waals surface area contributed by atoms with E-state index in [1.54, 1.807) is 12.1 Å². The van der Waals surface area contributed by atoms with Crippen molar-refractivity contribution in [2.45, 2.75) is 32.7 Å². The lowest BCUT2D eigenvalue weighted by atomic mass is 10.0. The van der Waals surface area contributed by atoms with E-state index in [0.717, 1.165) is 10.2 Å². The predicted octanol–water partition coefficient (Wildman–Crippen LogP) is 3.96. The van der Waals surface area contributed by atoms with E-state index in [-0.39, 0.29) is 10.6 Å². The lowest BCUT2D eigenvalue weighted by Gasteiger charge is -2.22. The molecule has 1 fully saturated rings. The fourth-order valence-electron chi connectivity index (χ4n) is 1.78. The molecule has 1 saturated carbocycles. The third-order valence-corrected chi connectivity index (χ3v) is 4.31. The summed E-state index contributed by atoms with van der Waals surface area (Å²) in [6, 6.07) is 5.11. The van der Waals surface area contributed by atoms with Crippen molar-refractivity contribution in [2.75, 3.05) is 5.32 Å². The molecule has 0 saturated heterocycles. The Bertz CT molecular complexity index is 458. The van der Waals surface area contributed by atoms with Gasteiger partial charge in [-0.25, -0.2) is 0 Å². The van der Waals surface area contributed by atoms with Crippen LogP contribution in [0.3, 0.4) is 0 Å².